The van der Waals surface area contributed by atoms with Crippen LogP contribution in [-0.4, -0.2) is 65.0 Å². The Balaban J connectivity index is 1.35. The summed E-state index contributed by atoms with van der Waals surface area (Å²) in [6, 6.07) is 10.6. The van der Waals surface area contributed by atoms with Crippen LogP contribution in [0.2, 0.25) is 0 Å². The minimum atomic E-state index is 0.00496. The third-order valence-corrected chi connectivity index (χ3v) is 6.44. The van der Waals surface area contributed by atoms with E-state index in [9.17, 15) is 4.79 Å². The first-order chi connectivity index (χ1) is 15.8. The zero-order valence-corrected chi connectivity index (χ0v) is 20.4. The summed E-state index contributed by atoms with van der Waals surface area (Å²) in [5.74, 6) is 0.109. The van der Waals surface area contributed by atoms with Gasteiger partial charge in [0.1, 0.15) is 5.00 Å². The van der Waals surface area contributed by atoms with Crippen molar-refractivity contribution < 1.29 is 9.53 Å². The molecule has 1 saturated heterocycles. The number of hydrogen-bond acceptors (Lipinski definition) is 8. The normalized spacial score (nSPS) is 14.3. The van der Waals surface area contributed by atoms with E-state index in [1.54, 1.807) is 19.5 Å². The monoisotopic (exact) mass is 466 g/mol. The SMILES string of the molecule is COc1ncc(-c2ccccc2N2CCN(C(=O)CNc3cc(C(C)(C)C)ns3)CC2)cn1. The quantitative estimate of drug-likeness (QED) is 0.593. The Morgan fingerprint density at radius 2 is 1.82 bits per heavy atom. The lowest BCUT2D eigenvalue weighted by Crippen LogP contribution is -2.50. The Bertz CT molecular complexity index is 1080. The van der Waals surface area contributed by atoms with E-state index in [4.69, 9.17) is 4.74 Å². The number of amides is 1. The van der Waals surface area contributed by atoms with Crippen LogP contribution in [-0.2, 0) is 10.2 Å². The highest BCUT2D eigenvalue weighted by molar-refractivity contribution is 7.10. The molecule has 1 aliphatic rings. The fraction of sp³-hybridized carbons (Fsp3) is 0.417. The number of para-hydroxylation sites is 1. The van der Waals surface area contributed by atoms with Crippen LogP contribution in [0, 0.1) is 0 Å². The van der Waals surface area contributed by atoms with Crippen molar-refractivity contribution >= 4 is 28.1 Å². The third-order valence-electron chi connectivity index (χ3n) is 5.69. The van der Waals surface area contributed by atoms with Gasteiger partial charge in [-0.2, -0.15) is 4.37 Å². The van der Waals surface area contributed by atoms with E-state index < -0.39 is 0 Å². The second-order valence-corrected chi connectivity index (χ2v) is 9.83. The standard InChI is InChI=1S/C24H30N6O2S/c1-24(2,3)20-13-21(33-28-20)25-16-22(31)30-11-9-29(10-12-30)19-8-6-5-7-18(19)17-14-26-23(32-4)27-15-17/h5-8,13-15,25H,9-12,16H2,1-4H3. The molecule has 0 unspecified atom stereocenters. The van der Waals surface area contributed by atoms with Crippen molar-refractivity contribution in [3.05, 3.63) is 48.4 Å². The smallest absolute Gasteiger partial charge is 0.316 e. The maximum atomic E-state index is 12.8. The average molecular weight is 467 g/mol. The van der Waals surface area contributed by atoms with Gasteiger partial charge in [-0.25, -0.2) is 9.97 Å². The number of carbonyl (C=O) groups is 1. The lowest BCUT2D eigenvalue weighted by atomic mass is 9.92. The number of hydrogen-bond donors (Lipinski definition) is 1. The van der Waals surface area contributed by atoms with E-state index in [0.29, 0.717) is 19.1 Å². The van der Waals surface area contributed by atoms with Crippen molar-refractivity contribution in [1.82, 2.24) is 19.2 Å². The number of rotatable bonds is 6. The maximum Gasteiger partial charge on any atom is 0.316 e. The van der Waals surface area contributed by atoms with Crippen LogP contribution >= 0.6 is 11.5 Å². The molecule has 2 aromatic heterocycles. The highest BCUT2D eigenvalue weighted by Crippen LogP contribution is 2.31. The molecule has 0 aliphatic carbocycles. The molecule has 1 aromatic carbocycles. The number of anilines is 2. The van der Waals surface area contributed by atoms with Crippen LogP contribution in [0.3, 0.4) is 0 Å². The molecule has 0 atom stereocenters. The van der Waals surface area contributed by atoms with Crippen LogP contribution in [0.1, 0.15) is 26.5 Å². The summed E-state index contributed by atoms with van der Waals surface area (Å²) < 4.78 is 9.57. The highest BCUT2D eigenvalue weighted by Gasteiger charge is 2.23. The van der Waals surface area contributed by atoms with Gasteiger partial charge >= 0.3 is 6.01 Å². The zero-order chi connectivity index (χ0) is 23.4. The number of piperazine rings is 1. The molecule has 0 bridgehead atoms. The molecular formula is C24H30N6O2S. The van der Waals surface area contributed by atoms with Crippen molar-refractivity contribution in [1.29, 1.82) is 0 Å². The fourth-order valence-electron chi connectivity index (χ4n) is 3.74. The molecule has 3 heterocycles. The predicted molar refractivity (Wildman–Crippen MR) is 132 cm³/mol. The third kappa shape index (κ3) is 5.42. The van der Waals surface area contributed by atoms with Crippen molar-refractivity contribution in [3.8, 4) is 17.1 Å². The van der Waals surface area contributed by atoms with E-state index in [0.717, 1.165) is 40.6 Å². The van der Waals surface area contributed by atoms with Crippen molar-refractivity contribution in [3.63, 3.8) is 0 Å². The summed E-state index contributed by atoms with van der Waals surface area (Å²) in [6.07, 6.45) is 3.56. The first kappa shape index (κ1) is 23.0. The number of carbonyl (C=O) groups excluding carboxylic acids is 1. The predicted octanol–water partition coefficient (Wildman–Crippen LogP) is 3.67. The first-order valence-electron chi connectivity index (χ1n) is 11.0. The van der Waals surface area contributed by atoms with Gasteiger partial charge in [-0.3, -0.25) is 4.79 Å². The molecule has 4 rings (SSSR count). The Hall–Kier alpha value is -3.20. The van der Waals surface area contributed by atoms with Crippen molar-refractivity contribution in [2.24, 2.45) is 0 Å². The summed E-state index contributed by atoms with van der Waals surface area (Å²) in [4.78, 5) is 25.5. The van der Waals surface area contributed by atoms with Gasteiger partial charge in [0.15, 0.2) is 0 Å². The molecule has 3 aromatic rings. The highest BCUT2D eigenvalue weighted by atomic mass is 32.1. The van der Waals surface area contributed by atoms with Gasteiger partial charge in [0.25, 0.3) is 0 Å². The molecule has 1 aliphatic heterocycles. The molecule has 0 saturated carbocycles. The lowest BCUT2D eigenvalue weighted by molar-refractivity contribution is -0.129. The molecular weight excluding hydrogens is 436 g/mol. The second kappa shape index (κ2) is 9.74. The number of methoxy groups -OCH3 is 1. The van der Waals surface area contributed by atoms with Crippen molar-refractivity contribution in [2.45, 2.75) is 26.2 Å². The Kier molecular flexibility index (Phi) is 6.78. The van der Waals surface area contributed by atoms with E-state index in [1.165, 1.54) is 11.5 Å². The zero-order valence-electron chi connectivity index (χ0n) is 19.5. The van der Waals surface area contributed by atoms with E-state index in [1.807, 2.05) is 23.1 Å². The van der Waals surface area contributed by atoms with E-state index >= 15 is 0 Å². The van der Waals surface area contributed by atoms with Crippen LogP contribution in [0.5, 0.6) is 6.01 Å². The van der Waals surface area contributed by atoms with Gasteiger partial charge in [0, 0.05) is 60.8 Å². The summed E-state index contributed by atoms with van der Waals surface area (Å²) in [7, 11) is 1.56. The summed E-state index contributed by atoms with van der Waals surface area (Å²) in [5, 5.41) is 4.18. The molecule has 8 nitrogen and oxygen atoms in total. The molecule has 0 spiro atoms. The Labute approximate surface area is 198 Å². The van der Waals surface area contributed by atoms with E-state index in [-0.39, 0.29) is 17.9 Å². The Morgan fingerprint density at radius 3 is 2.45 bits per heavy atom. The van der Waals surface area contributed by atoms with E-state index in [2.05, 4.69) is 57.5 Å². The van der Waals surface area contributed by atoms with Crippen LogP contribution in [0.4, 0.5) is 10.7 Å². The van der Waals surface area contributed by atoms with Crippen LogP contribution in [0.25, 0.3) is 11.1 Å². The number of nitrogens with one attached hydrogen (secondary N) is 1. The molecule has 1 amide bonds. The van der Waals surface area contributed by atoms with Crippen molar-refractivity contribution in [2.75, 3.05) is 50.1 Å². The molecule has 0 radical (unpaired) electrons. The Morgan fingerprint density at radius 1 is 1.12 bits per heavy atom. The molecule has 1 N–H and O–H groups in total. The number of aromatic nitrogens is 3. The van der Waals surface area contributed by atoms with Gasteiger partial charge in [-0.15, -0.1) is 0 Å². The molecule has 33 heavy (non-hydrogen) atoms. The maximum absolute atomic E-state index is 12.8. The van der Waals surface area contributed by atoms with Crippen LogP contribution < -0.4 is 15.0 Å². The largest absolute Gasteiger partial charge is 0.467 e. The molecule has 1 fully saturated rings. The van der Waals surface area contributed by atoms with Gasteiger partial charge in [0.2, 0.25) is 5.91 Å². The summed E-state index contributed by atoms with van der Waals surface area (Å²) >= 11 is 1.41. The number of nitrogens with zero attached hydrogens (tertiary/aromatic N) is 5. The topological polar surface area (TPSA) is 83.5 Å². The van der Waals surface area contributed by atoms with Crippen LogP contribution in [0.15, 0.2) is 42.7 Å². The minimum absolute atomic E-state index is 0.00496. The molecule has 9 heteroatoms. The second-order valence-electron chi connectivity index (χ2n) is 9.02. The number of ether oxygens (including phenoxy) is 1. The van der Waals surface area contributed by atoms with Gasteiger partial charge in [-0.1, -0.05) is 39.0 Å². The van der Waals surface area contributed by atoms with Gasteiger partial charge < -0.3 is 19.9 Å². The number of benzene rings is 1. The minimum Gasteiger partial charge on any atom is -0.467 e. The fourth-order valence-corrected chi connectivity index (χ4v) is 4.56. The van der Waals surface area contributed by atoms with Gasteiger partial charge in [-0.05, 0) is 23.7 Å². The average Bonchev–Trinajstić information content (AvgIpc) is 3.33. The van der Waals surface area contributed by atoms with Gasteiger partial charge in [0.05, 0.1) is 19.3 Å². The summed E-state index contributed by atoms with van der Waals surface area (Å²) in [5.41, 5.74) is 4.17. The lowest BCUT2D eigenvalue weighted by Gasteiger charge is -2.37. The summed E-state index contributed by atoms with van der Waals surface area (Å²) in [6.45, 7) is 9.60. The molecule has 174 valence electrons. The first-order valence-corrected chi connectivity index (χ1v) is 11.8.